The highest BCUT2D eigenvalue weighted by atomic mass is 15.3. The van der Waals surface area contributed by atoms with Gasteiger partial charge in [-0.3, -0.25) is 4.68 Å². The minimum Gasteiger partial charge on any atom is -0.253 e. The average molecular weight is 223 g/mol. The van der Waals surface area contributed by atoms with Gasteiger partial charge in [0.05, 0.1) is 0 Å². The molecule has 3 aromatic rings. The summed E-state index contributed by atoms with van der Waals surface area (Å²) in [5.74, 6) is 0. The summed E-state index contributed by atoms with van der Waals surface area (Å²) in [7, 11) is 0. The maximum atomic E-state index is 4.12. The molecule has 0 N–H and O–H groups in total. The third-order valence-electron chi connectivity index (χ3n) is 2.96. The van der Waals surface area contributed by atoms with Crippen LogP contribution in [0, 0.1) is 0 Å². The van der Waals surface area contributed by atoms with Crippen LogP contribution in [-0.4, -0.2) is 14.8 Å². The van der Waals surface area contributed by atoms with Gasteiger partial charge in [-0.2, -0.15) is 5.10 Å². The van der Waals surface area contributed by atoms with E-state index in [1.807, 2.05) is 4.68 Å². The van der Waals surface area contributed by atoms with Crippen molar-refractivity contribution in [2.24, 2.45) is 0 Å². The van der Waals surface area contributed by atoms with Crippen molar-refractivity contribution in [1.29, 1.82) is 0 Å². The van der Waals surface area contributed by atoms with Crippen LogP contribution in [0.5, 0.6) is 0 Å². The molecule has 0 aliphatic carbocycles. The van der Waals surface area contributed by atoms with E-state index in [9.17, 15) is 0 Å². The van der Waals surface area contributed by atoms with Gasteiger partial charge in [0.2, 0.25) is 0 Å². The number of fused-ring (bicyclic) bond motifs is 1. The van der Waals surface area contributed by atoms with E-state index in [1.54, 1.807) is 12.7 Å². The van der Waals surface area contributed by atoms with E-state index in [-0.39, 0.29) is 0 Å². The van der Waals surface area contributed by atoms with Gasteiger partial charge in [0, 0.05) is 6.54 Å². The van der Waals surface area contributed by atoms with Crippen LogP contribution in [0.25, 0.3) is 10.8 Å². The van der Waals surface area contributed by atoms with Crippen molar-refractivity contribution in [2.75, 3.05) is 0 Å². The summed E-state index contributed by atoms with van der Waals surface area (Å²) < 4.78 is 1.86. The van der Waals surface area contributed by atoms with Gasteiger partial charge in [-0.15, -0.1) is 0 Å². The second-order valence-electron chi connectivity index (χ2n) is 4.05. The number of aromatic nitrogens is 3. The van der Waals surface area contributed by atoms with Crippen LogP contribution in [0.15, 0.2) is 55.1 Å². The van der Waals surface area contributed by atoms with Gasteiger partial charge in [0.15, 0.2) is 0 Å². The molecule has 1 aromatic heterocycles. The predicted molar refractivity (Wildman–Crippen MR) is 67.7 cm³/mol. The summed E-state index contributed by atoms with van der Waals surface area (Å²) in [6.45, 7) is 0.869. The molecule has 17 heavy (non-hydrogen) atoms. The molecule has 3 heteroatoms. The van der Waals surface area contributed by atoms with Gasteiger partial charge in [-0.1, -0.05) is 42.5 Å². The molecule has 0 unspecified atom stereocenters. The van der Waals surface area contributed by atoms with Crippen LogP contribution < -0.4 is 0 Å². The predicted octanol–water partition coefficient (Wildman–Crippen LogP) is 2.67. The maximum absolute atomic E-state index is 4.12. The molecule has 0 bridgehead atoms. The lowest BCUT2D eigenvalue weighted by Crippen LogP contribution is -2.01. The Balaban J connectivity index is 1.90. The molecule has 3 nitrogen and oxygen atoms in total. The Hall–Kier alpha value is -2.16. The molecule has 0 saturated heterocycles. The summed E-state index contributed by atoms with van der Waals surface area (Å²) in [5, 5.41) is 6.74. The smallest absolute Gasteiger partial charge is 0.137 e. The SMILES string of the molecule is c1ccc2c(CCn3cncn3)cccc2c1. The number of hydrogen-bond acceptors (Lipinski definition) is 2. The topological polar surface area (TPSA) is 30.7 Å². The fourth-order valence-corrected chi connectivity index (χ4v) is 2.09. The highest BCUT2D eigenvalue weighted by molar-refractivity contribution is 5.85. The second kappa shape index (κ2) is 4.37. The van der Waals surface area contributed by atoms with Gasteiger partial charge < -0.3 is 0 Å². The van der Waals surface area contributed by atoms with E-state index in [4.69, 9.17) is 0 Å². The van der Waals surface area contributed by atoms with E-state index in [0.717, 1.165) is 13.0 Å². The molecule has 2 aromatic carbocycles. The highest BCUT2D eigenvalue weighted by Gasteiger charge is 2.00. The second-order valence-corrected chi connectivity index (χ2v) is 4.05. The molecule has 0 radical (unpaired) electrons. The van der Waals surface area contributed by atoms with E-state index < -0.39 is 0 Å². The molecule has 3 rings (SSSR count). The molecule has 0 atom stereocenters. The Morgan fingerprint density at radius 2 is 1.88 bits per heavy atom. The largest absolute Gasteiger partial charge is 0.253 e. The molecule has 0 fully saturated rings. The minimum absolute atomic E-state index is 0.869. The Morgan fingerprint density at radius 1 is 1.00 bits per heavy atom. The van der Waals surface area contributed by atoms with Gasteiger partial charge in [-0.05, 0) is 22.8 Å². The van der Waals surface area contributed by atoms with Crippen molar-refractivity contribution >= 4 is 10.8 Å². The van der Waals surface area contributed by atoms with Crippen molar-refractivity contribution in [1.82, 2.24) is 14.8 Å². The number of benzene rings is 2. The van der Waals surface area contributed by atoms with Crippen molar-refractivity contribution in [3.63, 3.8) is 0 Å². The van der Waals surface area contributed by atoms with Crippen LogP contribution in [0.4, 0.5) is 0 Å². The lowest BCUT2D eigenvalue weighted by molar-refractivity contribution is 0.614. The third kappa shape index (κ3) is 2.04. The number of rotatable bonds is 3. The summed E-state index contributed by atoms with van der Waals surface area (Å²) >= 11 is 0. The number of nitrogens with zero attached hydrogens (tertiary/aromatic N) is 3. The average Bonchev–Trinajstić information content (AvgIpc) is 2.89. The van der Waals surface area contributed by atoms with E-state index >= 15 is 0 Å². The molecule has 0 aliphatic heterocycles. The molecular formula is C14H13N3. The molecule has 0 saturated carbocycles. The third-order valence-corrected chi connectivity index (χ3v) is 2.96. The molecule has 0 spiro atoms. The first-order valence-corrected chi connectivity index (χ1v) is 5.72. The van der Waals surface area contributed by atoms with E-state index in [0.29, 0.717) is 0 Å². The number of aryl methyl sites for hydroxylation is 2. The van der Waals surface area contributed by atoms with Crippen LogP contribution in [0.2, 0.25) is 0 Å². The van der Waals surface area contributed by atoms with Crippen LogP contribution in [0.1, 0.15) is 5.56 Å². The van der Waals surface area contributed by atoms with Crippen LogP contribution >= 0.6 is 0 Å². The van der Waals surface area contributed by atoms with Crippen molar-refractivity contribution < 1.29 is 0 Å². The monoisotopic (exact) mass is 223 g/mol. The first-order valence-electron chi connectivity index (χ1n) is 5.72. The van der Waals surface area contributed by atoms with Crippen molar-refractivity contribution in [3.8, 4) is 0 Å². The molecule has 84 valence electrons. The zero-order chi connectivity index (χ0) is 11.5. The van der Waals surface area contributed by atoms with Crippen LogP contribution in [0.3, 0.4) is 0 Å². The quantitative estimate of drug-likeness (QED) is 0.683. The Bertz CT molecular complexity index is 609. The zero-order valence-corrected chi connectivity index (χ0v) is 9.45. The van der Waals surface area contributed by atoms with Gasteiger partial charge in [-0.25, -0.2) is 4.98 Å². The first-order chi connectivity index (χ1) is 8.43. The Kier molecular flexibility index (Phi) is 2.58. The fraction of sp³-hybridized carbons (Fsp3) is 0.143. The number of hydrogen-bond donors (Lipinski definition) is 0. The fourth-order valence-electron chi connectivity index (χ4n) is 2.09. The van der Waals surface area contributed by atoms with E-state index in [2.05, 4.69) is 52.5 Å². The molecular weight excluding hydrogens is 210 g/mol. The van der Waals surface area contributed by atoms with E-state index in [1.165, 1.54) is 16.3 Å². The molecule has 0 amide bonds. The minimum atomic E-state index is 0.869. The summed E-state index contributed by atoms with van der Waals surface area (Å²) in [4.78, 5) is 3.95. The van der Waals surface area contributed by atoms with Gasteiger partial charge >= 0.3 is 0 Å². The first kappa shape index (κ1) is 10.0. The standard InChI is InChI=1S/C14H13N3/c1-2-7-14-12(4-1)5-3-6-13(14)8-9-17-11-15-10-16-17/h1-7,10-11H,8-9H2. The summed E-state index contributed by atoms with van der Waals surface area (Å²) in [5.41, 5.74) is 1.36. The highest BCUT2D eigenvalue weighted by Crippen LogP contribution is 2.19. The van der Waals surface area contributed by atoms with Gasteiger partial charge in [0.25, 0.3) is 0 Å². The zero-order valence-electron chi connectivity index (χ0n) is 9.45. The molecule has 0 aliphatic rings. The van der Waals surface area contributed by atoms with Crippen molar-refractivity contribution in [2.45, 2.75) is 13.0 Å². The molecule has 1 heterocycles. The Labute approximate surface area is 99.7 Å². The van der Waals surface area contributed by atoms with Crippen molar-refractivity contribution in [3.05, 3.63) is 60.7 Å². The maximum Gasteiger partial charge on any atom is 0.137 e. The van der Waals surface area contributed by atoms with Gasteiger partial charge in [0.1, 0.15) is 12.7 Å². The van der Waals surface area contributed by atoms with Crippen LogP contribution in [-0.2, 0) is 13.0 Å². The summed E-state index contributed by atoms with van der Waals surface area (Å²) in [6, 6.07) is 14.9. The normalized spacial score (nSPS) is 10.8. The Morgan fingerprint density at radius 3 is 2.76 bits per heavy atom. The lowest BCUT2D eigenvalue weighted by atomic mass is 10.0. The summed E-state index contributed by atoms with van der Waals surface area (Å²) in [6.07, 6.45) is 4.30. The lowest BCUT2D eigenvalue weighted by Gasteiger charge is -2.06.